The van der Waals surface area contributed by atoms with Crippen molar-refractivity contribution in [2.24, 2.45) is 0 Å². The molecule has 1 fully saturated rings. The van der Waals surface area contributed by atoms with Crippen molar-refractivity contribution in [1.82, 2.24) is 15.1 Å². The van der Waals surface area contributed by atoms with Crippen molar-refractivity contribution in [3.63, 3.8) is 0 Å². The summed E-state index contributed by atoms with van der Waals surface area (Å²) < 4.78 is 0. The molecule has 0 radical (unpaired) electrons. The van der Waals surface area contributed by atoms with Crippen LogP contribution in [-0.2, 0) is 15.1 Å². The number of aryl methyl sites for hydroxylation is 1. The molecule has 31 heavy (non-hydrogen) atoms. The quantitative estimate of drug-likeness (QED) is 0.576. The molecule has 1 saturated heterocycles. The summed E-state index contributed by atoms with van der Waals surface area (Å²) in [7, 11) is 1.38. The molecular weight excluding hydrogens is 400 g/mol. The van der Waals surface area contributed by atoms with Crippen LogP contribution in [0.2, 0.25) is 0 Å². The summed E-state index contributed by atoms with van der Waals surface area (Å²) in [4.78, 5) is 64.0. The Bertz CT molecular complexity index is 1170. The van der Waals surface area contributed by atoms with Gasteiger partial charge in [0.25, 0.3) is 17.7 Å². The van der Waals surface area contributed by atoms with Crippen LogP contribution in [0.15, 0.2) is 42.5 Å². The highest BCUT2D eigenvalue weighted by molar-refractivity contribution is 6.21. The minimum Gasteiger partial charge on any atom is -0.325 e. The lowest BCUT2D eigenvalue weighted by Crippen LogP contribution is -2.42. The van der Waals surface area contributed by atoms with Gasteiger partial charge < -0.3 is 10.6 Å². The van der Waals surface area contributed by atoms with Crippen molar-refractivity contribution >= 4 is 35.3 Å². The largest absolute Gasteiger partial charge is 0.325 e. The Kier molecular flexibility index (Phi) is 4.61. The third-order valence-corrected chi connectivity index (χ3v) is 5.63. The summed E-state index contributed by atoms with van der Waals surface area (Å²) in [5.41, 5.74) is 0.956. The zero-order valence-electron chi connectivity index (χ0n) is 17.2. The van der Waals surface area contributed by atoms with E-state index in [9.17, 15) is 24.0 Å². The van der Waals surface area contributed by atoms with E-state index in [-0.39, 0.29) is 16.8 Å². The highest BCUT2D eigenvalue weighted by Crippen LogP contribution is 2.31. The maximum atomic E-state index is 13.0. The number of anilines is 1. The van der Waals surface area contributed by atoms with Crippen LogP contribution in [0.3, 0.4) is 0 Å². The summed E-state index contributed by atoms with van der Waals surface area (Å²) in [6.45, 7) is 2.95. The Morgan fingerprint density at radius 3 is 2.42 bits per heavy atom. The lowest BCUT2D eigenvalue weighted by atomic mass is 9.88. The molecule has 1 unspecified atom stereocenters. The van der Waals surface area contributed by atoms with E-state index in [2.05, 4.69) is 10.6 Å². The number of fused-ring (bicyclic) bond motifs is 1. The minimum atomic E-state index is -1.27. The lowest BCUT2D eigenvalue weighted by molar-refractivity contribution is -0.133. The van der Waals surface area contributed by atoms with Gasteiger partial charge in [0.2, 0.25) is 5.91 Å². The van der Waals surface area contributed by atoms with Gasteiger partial charge in [-0.05, 0) is 43.2 Å². The summed E-state index contributed by atoms with van der Waals surface area (Å²) in [6.07, 6.45) is 0. The third-order valence-electron chi connectivity index (χ3n) is 5.63. The van der Waals surface area contributed by atoms with Crippen molar-refractivity contribution in [2.75, 3.05) is 18.9 Å². The highest BCUT2D eigenvalue weighted by atomic mass is 16.2. The molecule has 2 N–H and O–H groups in total. The number of amides is 6. The molecule has 4 rings (SSSR count). The third kappa shape index (κ3) is 3.14. The molecule has 2 aromatic rings. The molecular formula is C22H20N4O5. The molecule has 0 aliphatic carbocycles. The van der Waals surface area contributed by atoms with E-state index < -0.39 is 41.7 Å². The first-order chi connectivity index (χ1) is 14.6. The number of nitrogens with one attached hydrogen (secondary N) is 2. The van der Waals surface area contributed by atoms with Gasteiger partial charge in [-0.1, -0.05) is 24.3 Å². The fourth-order valence-electron chi connectivity index (χ4n) is 3.94. The average Bonchev–Trinajstić information content (AvgIpc) is 3.08. The monoisotopic (exact) mass is 420 g/mol. The van der Waals surface area contributed by atoms with Crippen molar-refractivity contribution in [3.8, 4) is 0 Å². The Morgan fingerprint density at radius 2 is 1.71 bits per heavy atom. The average molecular weight is 420 g/mol. The zero-order valence-corrected chi connectivity index (χ0v) is 17.2. The van der Waals surface area contributed by atoms with E-state index in [4.69, 9.17) is 0 Å². The predicted octanol–water partition coefficient (Wildman–Crippen LogP) is 1.63. The molecule has 0 spiro atoms. The van der Waals surface area contributed by atoms with Crippen molar-refractivity contribution in [3.05, 3.63) is 64.7 Å². The second kappa shape index (κ2) is 7.05. The van der Waals surface area contributed by atoms with Crippen LogP contribution < -0.4 is 10.6 Å². The Balaban J connectivity index is 1.50. The van der Waals surface area contributed by atoms with E-state index in [1.165, 1.54) is 25.2 Å². The first kappa shape index (κ1) is 20.3. The normalized spacial score (nSPS) is 20.2. The van der Waals surface area contributed by atoms with E-state index in [0.29, 0.717) is 5.56 Å². The first-order valence-electron chi connectivity index (χ1n) is 9.60. The number of imide groups is 2. The number of rotatable bonds is 4. The van der Waals surface area contributed by atoms with Crippen LogP contribution in [0, 0.1) is 6.92 Å². The van der Waals surface area contributed by atoms with E-state index in [1.54, 1.807) is 19.1 Å². The standard InChI is InChI=1S/C22H20N4O5/c1-12-6-4-5-7-16(12)22(2)20(30)26(21(31)24-22)11-17(27)23-13-8-9-14-15(10-13)19(29)25(3)18(14)28/h4-10H,11H2,1-3H3,(H,23,27)(H,24,31). The first-order valence-corrected chi connectivity index (χ1v) is 9.60. The Hall–Kier alpha value is -4.01. The SMILES string of the molecule is Cc1ccccc1C1(C)NC(=O)N(CC(=O)Nc2ccc3c(c2)C(=O)N(C)C3=O)C1=O. The molecule has 2 aliphatic heterocycles. The summed E-state index contributed by atoms with van der Waals surface area (Å²) in [5, 5.41) is 5.25. The fourth-order valence-corrected chi connectivity index (χ4v) is 3.94. The molecule has 0 saturated carbocycles. The van der Waals surface area contributed by atoms with Crippen LogP contribution in [0.1, 0.15) is 38.8 Å². The number of hydrogen-bond acceptors (Lipinski definition) is 5. The van der Waals surface area contributed by atoms with Gasteiger partial charge in [-0.15, -0.1) is 0 Å². The van der Waals surface area contributed by atoms with Crippen LogP contribution in [0.25, 0.3) is 0 Å². The summed E-state index contributed by atoms with van der Waals surface area (Å²) >= 11 is 0. The van der Waals surface area contributed by atoms with Gasteiger partial charge in [-0.3, -0.25) is 29.0 Å². The van der Waals surface area contributed by atoms with Crippen LogP contribution in [0.4, 0.5) is 10.5 Å². The Labute approximate surface area is 178 Å². The molecule has 0 aromatic heterocycles. The van der Waals surface area contributed by atoms with Gasteiger partial charge in [0.15, 0.2) is 0 Å². The molecule has 158 valence electrons. The molecule has 2 aromatic carbocycles. The van der Waals surface area contributed by atoms with Gasteiger partial charge in [-0.2, -0.15) is 0 Å². The maximum absolute atomic E-state index is 13.0. The van der Waals surface area contributed by atoms with Gasteiger partial charge in [0, 0.05) is 12.7 Å². The lowest BCUT2D eigenvalue weighted by Gasteiger charge is -2.24. The predicted molar refractivity (Wildman–Crippen MR) is 110 cm³/mol. The van der Waals surface area contributed by atoms with Crippen LogP contribution >= 0.6 is 0 Å². The van der Waals surface area contributed by atoms with E-state index in [0.717, 1.165) is 15.4 Å². The smallest absolute Gasteiger partial charge is 0.325 e. The van der Waals surface area contributed by atoms with Crippen molar-refractivity contribution in [1.29, 1.82) is 0 Å². The topological polar surface area (TPSA) is 116 Å². The van der Waals surface area contributed by atoms with Gasteiger partial charge in [-0.25, -0.2) is 4.79 Å². The van der Waals surface area contributed by atoms with Crippen LogP contribution in [-0.4, -0.2) is 53.1 Å². The highest BCUT2D eigenvalue weighted by Gasteiger charge is 2.50. The van der Waals surface area contributed by atoms with Crippen molar-refractivity contribution < 1.29 is 24.0 Å². The molecule has 2 heterocycles. The molecule has 9 nitrogen and oxygen atoms in total. The molecule has 2 aliphatic rings. The summed E-state index contributed by atoms with van der Waals surface area (Å²) in [6, 6.07) is 10.9. The number of carbonyl (C=O) groups excluding carboxylic acids is 5. The van der Waals surface area contributed by atoms with Gasteiger partial charge in [0.1, 0.15) is 12.1 Å². The number of benzene rings is 2. The Morgan fingerprint density at radius 1 is 1.03 bits per heavy atom. The number of hydrogen-bond donors (Lipinski definition) is 2. The second-order valence-corrected chi connectivity index (χ2v) is 7.74. The molecule has 1 atom stereocenters. The second-order valence-electron chi connectivity index (χ2n) is 7.74. The van der Waals surface area contributed by atoms with Gasteiger partial charge in [0.05, 0.1) is 11.1 Å². The maximum Gasteiger partial charge on any atom is 0.325 e. The van der Waals surface area contributed by atoms with E-state index in [1.807, 2.05) is 19.1 Å². The minimum absolute atomic E-state index is 0.187. The summed E-state index contributed by atoms with van der Waals surface area (Å²) in [5.74, 6) is -2.01. The molecule has 0 bridgehead atoms. The number of carbonyl (C=O) groups is 5. The fraction of sp³-hybridized carbons (Fsp3) is 0.227. The van der Waals surface area contributed by atoms with Crippen molar-refractivity contribution in [2.45, 2.75) is 19.4 Å². The van der Waals surface area contributed by atoms with Gasteiger partial charge >= 0.3 is 6.03 Å². The zero-order chi connectivity index (χ0) is 22.5. The van der Waals surface area contributed by atoms with Crippen LogP contribution in [0.5, 0.6) is 0 Å². The van der Waals surface area contributed by atoms with E-state index >= 15 is 0 Å². The molecule has 9 heteroatoms. The number of nitrogens with zero attached hydrogens (tertiary/aromatic N) is 2. The molecule has 6 amide bonds. The number of urea groups is 1.